The maximum atomic E-state index is 12.4. The molecule has 9 heteroatoms. The fourth-order valence-corrected chi connectivity index (χ4v) is 3.61. The van der Waals surface area contributed by atoms with Gasteiger partial charge in [0, 0.05) is 10.6 Å². The van der Waals surface area contributed by atoms with Crippen molar-refractivity contribution in [1.29, 1.82) is 0 Å². The van der Waals surface area contributed by atoms with Crippen LogP contribution in [0.4, 0.5) is 0 Å². The molecular formula is C18H16ClN3O4S. The molecule has 0 saturated heterocycles. The van der Waals surface area contributed by atoms with Gasteiger partial charge in [-0.3, -0.25) is 4.79 Å². The minimum atomic E-state index is -3.80. The van der Waals surface area contributed by atoms with E-state index in [1.807, 2.05) is 13.0 Å². The van der Waals surface area contributed by atoms with Crippen LogP contribution in [0.15, 0.2) is 58.2 Å². The normalized spacial score (nSPS) is 11.3. The molecule has 0 aliphatic rings. The zero-order valence-electron chi connectivity index (χ0n) is 14.3. The predicted octanol–water partition coefficient (Wildman–Crippen LogP) is 2.94. The van der Waals surface area contributed by atoms with Crippen LogP contribution in [-0.4, -0.2) is 24.5 Å². The van der Waals surface area contributed by atoms with Crippen LogP contribution in [0.1, 0.15) is 27.4 Å². The standard InChI is InChI=1S/C18H16ClN3O4S/c1-12-3-2-4-14(9-12)17(23)20-10-16-21-22-18(26-16)27(24,25)11-13-5-7-15(19)8-6-13/h2-9H,10-11H2,1H3,(H,20,23). The Bertz CT molecular complexity index is 1060. The first kappa shape index (κ1) is 19.1. The number of amides is 1. The monoisotopic (exact) mass is 405 g/mol. The Hall–Kier alpha value is -2.71. The highest BCUT2D eigenvalue weighted by molar-refractivity contribution is 7.90. The van der Waals surface area contributed by atoms with Crippen LogP contribution in [0.2, 0.25) is 5.02 Å². The maximum Gasteiger partial charge on any atom is 0.335 e. The minimum absolute atomic E-state index is 0.00526. The number of aromatic nitrogens is 2. The van der Waals surface area contributed by atoms with E-state index in [1.165, 1.54) is 0 Å². The lowest BCUT2D eigenvalue weighted by Crippen LogP contribution is -2.23. The van der Waals surface area contributed by atoms with Gasteiger partial charge in [-0.15, -0.1) is 5.10 Å². The van der Waals surface area contributed by atoms with Crippen molar-refractivity contribution in [2.75, 3.05) is 0 Å². The summed E-state index contributed by atoms with van der Waals surface area (Å²) in [6.07, 6.45) is 0. The molecule has 140 valence electrons. The molecule has 1 aromatic heterocycles. The number of carbonyl (C=O) groups is 1. The number of hydrogen-bond acceptors (Lipinski definition) is 6. The third-order valence-corrected chi connectivity index (χ3v) is 5.33. The Morgan fingerprint density at radius 1 is 1.15 bits per heavy atom. The van der Waals surface area contributed by atoms with Crippen molar-refractivity contribution in [3.63, 3.8) is 0 Å². The molecule has 0 bridgehead atoms. The summed E-state index contributed by atoms with van der Waals surface area (Å²) in [6, 6.07) is 13.5. The molecule has 3 aromatic rings. The molecule has 1 amide bonds. The average Bonchev–Trinajstić information content (AvgIpc) is 3.11. The van der Waals surface area contributed by atoms with Gasteiger partial charge in [-0.05, 0) is 36.8 Å². The summed E-state index contributed by atoms with van der Waals surface area (Å²) in [4.78, 5) is 12.1. The Morgan fingerprint density at radius 2 is 1.89 bits per heavy atom. The highest BCUT2D eigenvalue weighted by atomic mass is 35.5. The van der Waals surface area contributed by atoms with Crippen molar-refractivity contribution in [2.24, 2.45) is 0 Å². The number of nitrogens with zero attached hydrogens (tertiary/aromatic N) is 2. The first-order chi connectivity index (χ1) is 12.8. The minimum Gasteiger partial charge on any atom is -0.411 e. The number of hydrogen-bond donors (Lipinski definition) is 1. The number of sulfone groups is 1. The number of benzene rings is 2. The summed E-state index contributed by atoms with van der Waals surface area (Å²) >= 11 is 5.79. The van der Waals surface area contributed by atoms with E-state index in [2.05, 4.69) is 15.5 Å². The molecule has 1 heterocycles. The molecule has 27 heavy (non-hydrogen) atoms. The highest BCUT2D eigenvalue weighted by Gasteiger charge is 2.23. The lowest BCUT2D eigenvalue weighted by molar-refractivity contribution is 0.0946. The molecule has 0 unspecified atom stereocenters. The molecule has 0 aliphatic carbocycles. The number of rotatable bonds is 6. The van der Waals surface area contributed by atoms with Crippen LogP contribution in [0, 0.1) is 6.92 Å². The smallest absolute Gasteiger partial charge is 0.335 e. The highest BCUT2D eigenvalue weighted by Crippen LogP contribution is 2.17. The fourth-order valence-electron chi connectivity index (χ4n) is 2.34. The van der Waals surface area contributed by atoms with E-state index in [-0.39, 0.29) is 24.1 Å². The predicted molar refractivity (Wildman–Crippen MR) is 99.0 cm³/mol. The number of nitrogens with one attached hydrogen (secondary N) is 1. The third kappa shape index (κ3) is 4.93. The van der Waals surface area contributed by atoms with Gasteiger partial charge in [0.2, 0.25) is 15.7 Å². The van der Waals surface area contributed by atoms with E-state index in [9.17, 15) is 13.2 Å². The molecule has 2 aromatic carbocycles. The van der Waals surface area contributed by atoms with E-state index < -0.39 is 15.1 Å². The molecular weight excluding hydrogens is 390 g/mol. The van der Waals surface area contributed by atoms with Crippen LogP contribution in [-0.2, 0) is 22.1 Å². The summed E-state index contributed by atoms with van der Waals surface area (Å²) in [5.41, 5.74) is 1.99. The Labute approximate surface area is 161 Å². The Kier molecular flexibility index (Phi) is 5.57. The van der Waals surface area contributed by atoms with Gasteiger partial charge < -0.3 is 9.73 Å². The van der Waals surface area contributed by atoms with Crippen molar-refractivity contribution in [2.45, 2.75) is 24.4 Å². The van der Waals surface area contributed by atoms with Gasteiger partial charge in [0.15, 0.2) is 0 Å². The van der Waals surface area contributed by atoms with E-state index in [4.69, 9.17) is 16.0 Å². The average molecular weight is 406 g/mol. The lowest BCUT2D eigenvalue weighted by atomic mass is 10.1. The summed E-state index contributed by atoms with van der Waals surface area (Å²) in [5, 5.41) is 9.92. The second kappa shape index (κ2) is 7.89. The quantitative estimate of drug-likeness (QED) is 0.676. The van der Waals surface area contributed by atoms with Crippen molar-refractivity contribution in [3.05, 3.63) is 76.1 Å². The van der Waals surface area contributed by atoms with Gasteiger partial charge in [0.05, 0.1) is 12.3 Å². The molecule has 0 saturated carbocycles. The molecule has 0 spiro atoms. The second-order valence-electron chi connectivity index (χ2n) is 5.90. The van der Waals surface area contributed by atoms with Crippen LogP contribution < -0.4 is 5.32 Å². The number of aryl methyl sites for hydroxylation is 1. The van der Waals surface area contributed by atoms with Crippen LogP contribution >= 0.6 is 11.6 Å². The molecule has 7 nitrogen and oxygen atoms in total. The molecule has 0 radical (unpaired) electrons. The first-order valence-corrected chi connectivity index (χ1v) is 10.0. The van der Waals surface area contributed by atoms with Crippen LogP contribution in [0.3, 0.4) is 0 Å². The summed E-state index contributed by atoms with van der Waals surface area (Å²) < 4.78 is 30.0. The Morgan fingerprint density at radius 3 is 2.59 bits per heavy atom. The molecule has 0 fully saturated rings. The van der Waals surface area contributed by atoms with Crippen molar-refractivity contribution < 1.29 is 17.6 Å². The first-order valence-electron chi connectivity index (χ1n) is 7.98. The van der Waals surface area contributed by atoms with Gasteiger partial charge >= 0.3 is 5.22 Å². The van der Waals surface area contributed by atoms with Gasteiger partial charge in [-0.25, -0.2) is 8.42 Å². The molecule has 1 N–H and O–H groups in total. The SMILES string of the molecule is Cc1cccc(C(=O)NCc2nnc(S(=O)(=O)Cc3ccc(Cl)cc3)o2)c1. The van der Waals surface area contributed by atoms with Crippen molar-refractivity contribution >= 4 is 27.3 Å². The Balaban J connectivity index is 1.65. The van der Waals surface area contributed by atoms with Gasteiger partial charge in [0.25, 0.3) is 5.91 Å². The summed E-state index contributed by atoms with van der Waals surface area (Å²) in [7, 11) is -3.80. The van der Waals surface area contributed by atoms with Gasteiger partial charge in [0.1, 0.15) is 0 Å². The molecule has 0 aliphatic heterocycles. The summed E-state index contributed by atoms with van der Waals surface area (Å²) in [6.45, 7) is 1.81. The second-order valence-corrected chi connectivity index (χ2v) is 8.20. The van der Waals surface area contributed by atoms with Crippen molar-refractivity contribution in [1.82, 2.24) is 15.5 Å². The fraction of sp³-hybridized carbons (Fsp3) is 0.167. The zero-order valence-corrected chi connectivity index (χ0v) is 15.9. The summed E-state index contributed by atoms with van der Waals surface area (Å²) in [5.74, 6) is -0.602. The molecule has 0 atom stereocenters. The number of halogens is 1. The largest absolute Gasteiger partial charge is 0.411 e. The zero-order chi connectivity index (χ0) is 19.4. The molecule has 3 rings (SSSR count). The van der Waals surface area contributed by atoms with E-state index >= 15 is 0 Å². The third-order valence-electron chi connectivity index (χ3n) is 3.66. The van der Waals surface area contributed by atoms with E-state index in [0.29, 0.717) is 16.1 Å². The number of carbonyl (C=O) groups excluding carboxylic acids is 1. The van der Waals surface area contributed by atoms with Crippen LogP contribution in [0.25, 0.3) is 0 Å². The van der Waals surface area contributed by atoms with Crippen LogP contribution in [0.5, 0.6) is 0 Å². The lowest BCUT2D eigenvalue weighted by Gasteiger charge is -2.03. The maximum absolute atomic E-state index is 12.4. The van der Waals surface area contributed by atoms with Gasteiger partial charge in [-0.2, -0.15) is 0 Å². The van der Waals surface area contributed by atoms with E-state index in [1.54, 1.807) is 42.5 Å². The van der Waals surface area contributed by atoms with Gasteiger partial charge in [-0.1, -0.05) is 46.5 Å². The van der Waals surface area contributed by atoms with Crippen molar-refractivity contribution in [3.8, 4) is 0 Å². The van der Waals surface area contributed by atoms with E-state index in [0.717, 1.165) is 5.56 Å². The topological polar surface area (TPSA) is 102 Å².